The first-order valence-corrected chi connectivity index (χ1v) is 8.01. The van der Waals surface area contributed by atoms with E-state index in [0.29, 0.717) is 6.54 Å². The highest BCUT2D eigenvalue weighted by Crippen LogP contribution is 2.15. The molecule has 0 atom stereocenters. The van der Waals surface area contributed by atoms with Crippen LogP contribution >= 0.6 is 0 Å². The van der Waals surface area contributed by atoms with Gasteiger partial charge in [-0.15, -0.1) is 0 Å². The second-order valence-corrected chi connectivity index (χ2v) is 5.84. The molecule has 1 heterocycles. The standard InChI is InChI=1S/C19H24N2O2/c1-5-6-12-21-15(3)14(2)13-17(19(21)23)18(22)20(4)16-10-8-7-9-11-16/h7-11,13H,5-6,12H2,1-4H3. The Hall–Kier alpha value is -2.36. The zero-order valence-corrected chi connectivity index (χ0v) is 14.3. The molecule has 2 rings (SSSR count). The molecule has 0 saturated heterocycles. The number of aryl methyl sites for hydroxylation is 1. The summed E-state index contributed by atoms with van der Waals surface area (Å²) in [6.07, 6.45) is 1.93. The van der Waals surface area contributed by atoms with Crippen LogP contribution in [0.25, 0.3) is 0 Å². The molecule has 2 aromatic rings. The Bertz CT molecular complexity index is 748. The van der Waals surface area contributed by atoms with Gasteiger partial charge in [0.1, 0.15) is 5.56 Å². The summed E-state index contributed by atoms with van der Waals surface area (Å²) in [6, 6.07) is 11.1. The largest absolute Gasteiger partial charge is 0.312 e. The van der Waals surface area contributed by atoms with Crippen LogP contribution in [0.1, 0.15) is 41.4 Å². The first-order chi connectivity index (χ1) is 11.0. The summed E-state index contributed by atoms with van der Waals surface area (Å²) in [5, 5.41) is 0. The SMILES string of the molecule is CCCCn1c(C)c(C)cc(C(=O)N(C)c2ccccc2)c1=O. The Morgan fingerprint density at radius 3 is 2.43 bits per heavy atom. The summed E-state index contributed by atoms with van der Waals surface area (Å²) >= 11 is 0. The molecular weight excluding hydrogens is 288 g/mol. The summed E-state index contributed by atoms with van der Waals surface area (Å²) in [4.78, 5) is 27.0. The average Bonchev–Trinajstić information content (AvgIpc) is 2.57. The zero-order valence-electron chi connectivity index (χ0n) is 14.3. The number of hydrogen-bond acceptors (Lipinski definition) is 2. The molecule has 0 saturated carbocycles. The summed E-state index contributed by atoms with van der Waals surface area (Å²) in [5.41, 5.74) is 2.70. The van der Waals surface area contributed by atoms with Crippen molar-refractivity contribution in [2.24, 2.45) is 0 Å². The number of rotatable bonds is 5. The van der Waals surface area contributed by atoms with Gasteiger partial charge in [0.2, 0.25) is 0 Å². The molecule has 0 fully saturated rings. The first-order valence-electron chi connectivity index (χ1n) is 8.01. The van der Waals surface area contributed by atoms with E-state index < -0.39 is 0 Å². The fourth-order valence-electron chi connectivity index (χ4n) is 2.58. The molecular formula is C19H24N2O2. The van der Waals surface area contributed by atoms with Crippen LogP contribution in [0.4, 0.5) is 5.69 Å². The number of carbonyl (C=O) groups excluding carboxylic acids is 1. The van der Waals surface area contributed by atoms with E-state index in [-0.39, 0.29) is 17.0 Å². The van der Waals surface area contributed by atoms with Crippen molar-refractivity contribution >= 4 is 11.6 Å². The molecule has 0 aliphatic heterocycles. The maximum atomic E-state index is 12.8. The number of unbranched alkanes of at least 4 members (excludes halogenated alkanes) is 1. The summed E-state index contributed by atoms with van der Waals surface area (Å²) < 4.78 is 1.73. The molecule has 1 amide bonds. The van der Waals surface area contributed by atoms with E-state index in [1.54, 1.807) is 17.7 Å². The third-order valence-corrected chi connectivity index (χ3v) is 4.23. The molecule has 122 valence electrons. The van der Waals surface area contributed by atoms with Gasteiger partial charge < -0.3 is 9.47 Å². The van der Waals surface area contributed by atoms with Crippen molar-refractivity contribution in [3.05, 3.63) is 63.6 Å². The monoisotopic (exact) mass is 312 g/mol. The molecule has 0 aliphatic rings. The van der Waals surface area contributed by atoms with Crippen LogP contribution < -0.4 is 10.5 Å². The molecule has 1 aromatic carbocycles. The quantitative estimate of drug-likeness (QED) is 0.847. The number of aromatic nitrogens is 1. The van der Waals surface area contributed by atoms with Crippen LogP contribution in [0.5, 0.6) is 0 Å². The molecule has 0 radical (unpaired) electrons. The van der Waals surface area contributed by atoms with E-state index in [1.165, 1.54) is 4.90 Å². The lowest BCUT2D eigenvalue weighted by molar-refractivity contribution is 0.0991. The maximum absolute atomic E-state index is 12.8. The predicted octanol–water partition coefficient (Wildman–Crippen LogP) is 3.54. The molecule has 1 aromatic heterocycles. The van der Waals surface area contributed by atoms with Crippen molar-refractivity contribution < 1.29 is 4.79 Å². The molecule has 0 spiro atoms. The molecule has 23 heavy (non-hydrogen) atoms. The Kier molecular flexibility index (Phi) is 5.37. The fraction of sp³-hybridized carbons (Fsp3) is 0.368. The lowest BCUT2D eigenvalue weighted by Crippen LogP contribution is -2.35. The number of anilines is 1. The van der Waals surface area contributed by atoms with Gasteiger partial charge in [-0.25, -0.2) is 0 Å². The number of pyridine rings is 1. The van der Waals surface area contributed by atoms with Crippen LogP contribution in [0, 0.1) is 13.8 Å². The third kappa shape index (κ3) is 3.52. The van der Waals surface area contributed by atoms with Crippen molar-refractivity contribution in [1.29, 1.82) is 0 Å². The molecule has 0 unspecified atom stereocenters. The van der Waals surface area contributed by atoms with Gasteiger partial charge in [0.25, 0.3) is 11.5 Å². The highest BCUT2D eigenvalue weighted by molar-refractivity contribution is 6.05. The highest BCUT2D eigenvalue weighted by Gasteiger charge is 2.20. The smallest absolute Gasteiger partial charge is 0.263 e. The second-order valence-electron chi connectivity index (χ2n) is 5.84. The second kappa shape index (κ2) is 7.27. The molecule has 4 heteroatoms. The van der Waals surface area contributed by atoms with Crippen LogP contribution in [-0.4, -0.2) is 17.5 Å². The van der Waals surface area contributed by atoms with Crippen LogP contribution in [0.3, 0.4) is 0 Å². The van der Waals surface area contributed by atoms with Crippen molar-refractivity contribution in [2.75, 3.05) is 11.9 Å². The van der Waals surface area contributed by atoms with Gasteiger partial charge in [-0.2, -0.15) is 0 Å². The molecule has 0 aliphatic carbocycles. The lowest BCUT2D eigenvalue weighted by atomic mass is 10.1. The Balaban J connectivity index is 2.45. The van der Waals surface area contributed by atoms with Gasteiger partial charge in [0, 0.05) is 25.0 Å². The van der Waals surface area contributed by atoms with Crippen LogP contribution in [0.2, 0.25) is 0 Å². The van der Waals surface area contributed by atoms with Crippen molar-refractivity contribution in [1.82, 2.24) is 4.57 Å². The molecule has 0 bridgehead atoms. The van der Waals surface area contributed by atoms with E-state index in [9.17, 15) is 9.59 Å². The maximum Gasteiger partial charge on any atom is 0.263 e. The topological polar surface area (TPSA) is 42.3 Å². The number of benzene rings is 1. The number of carbonyl (C=O) groups is 1. The Morgan fingerprint density at radius 1 is 1.17 bits per heavy atom. The molecule has 0 N–H and O–H groups in total. The van der Waals surface area contributed by atoms with Crippen LogP contribution in [-0.2, 0) is 6.54 Å². The summed E-state index contributed by atoms with van der Waals surface area (Å²) in [7, 11) is 1.70. The minimum Gasteiger partial charge on any atom is -0.312 e. The van der Waals surface area contributed by atoms with Crippen LogP contribution in [0.15, 0.2) is 41.2 Å². The van der Waals surface area contributed by atoms with Crippen molar-refractivity contribution in [3.63, 3.8) is 0 Å². The number of nitrogens with zero attached hydrogens (tertiary/aromatic N) is 2. The normalized spacial score (nSPS) is 10.6. The first kappa shape index (κ1) is 17.0. The Morgan fingerprint density at radius 2 is 1.83 bits per heavy atom. The minimum absolute atomic E-state index is 0.200. The zero-order chi connectivity index (χ0) is 17.0. The number of hydrogen-bond donors (Lipinski definition) is 0. The summed E-state index contributed by atoms with van der Waals surface area (Å²) in [5.74, 6) is -0.269. The highest BCUT2D eigenvalue weighted by atomic mass is 16.2. The Labute approximate surface area is 137 Å². The lowest BCUT2D eigenvalue weighted by Gasteiger charge is -2.19. The van der Waals surface area contributed by atoms with E-state index in [2.05, 4.69) is 6.92 Å². The van der Waals surface area contributed by atoms with Crippen molar-refractivity contribution in [3.8, 4) is 0 Å². The van der Waals surface area contributed by atoms with E-state index >= 15 is 0 Å². The average molecular weight is 312 g/mol. The number of para-hydroxylation sites is 1. The van der Waals surface area contributed by atoms with Gasteiger partial charge >= 0.3 is 0 Å². The fourth-order valence-corrected chi connectivity index (χ4v) is 2.58. The van der Waals surface area contributed by atoms with E-state index in [1.807, 2.05) is 44.2 Å². The van der Waals surface area contributed by atoms with E-state index in [0.717, 1.165) is 29.8 Å². The predicted molar refractivity (Wildman–Crippen MR) is 94.3 cm³/mol. The van der Waals surface area contributed by atoms with Crippen molar-refractivity contribution in [2.45, 2.75) is 40.2 Å². The minimum atomic E-state index is -0.269. The van der Waals surface area contributed by atoms with Gasteiger partial charge in [-0.1, -0.05) is 31.5 Å². The number of amides is 1. The van der Waals surface area contributed by atoms with Gasteiger partial charge in [-0.3, -0.25) is 9.59 Å². The summed E-state index contributed by atoms with van der Waals surface area (Å²) in [6.45, 7) is 6.61. The van der Waals surface area contributed by atoms with E-state index in [4.69, 9.17) is 0 Å². The van der Waals surface area contributed by atoms with Gasteiger partial charge in [0.15, 0.2) is 0 Å². The molecule has 4 nitrogen and oxygen atoms in total. The third-order valence-electron chi connectivity index (χ3n) is 4.23. The van der Waals surface area contributed by atoms with Gasteiger partial charge in [0.05, 0.1) is 0 Å². The van der Waals surface area contributed by atoms with Gasteiger partial charge in [-0.05, 0) is 44.0 Å².